The van der Waals surface area contributed by atoms with Crippen molar-refractivity contribution in [2.45, 2.75) is 12.5 Å². The van der Waals surface area contributed by atoms with Gasteiger partial charge in [0.25, 0.3) is 0 Å². The third-order valence-corrected chi connectivity index (χ3v) is 4.60. The molecule has 6 heteroatoms. The van der Waals surface area contributed by atoms with E-state index in [2.05, 4.69) is 37.3 Å². The first-order valence-electron chi connectivity index (χ1n) is 5.87. The molecule has 0 heterocycles. The van der Waals surface area contributed by atoms with Crippen molar-refractivity contribution in [2.24, 2.45) is 5.84 Å². The molecule has 3 N–H and O–H groups in total. The van der Waals surface area contributed by atoms with Crippen LogP contribution < -0.4 is 11.3 Å². The lowest BCUT2D eigenvalue weighted by Gasteiger charge is -2.19. The minimum absolute atomic E-state index is 0.140. The number of nitrogens with two attached hydrogens (primary N) is 1. The normalized spacial score (nSPS) is 12.4. The van der Waals surface area contributed by atoms with E-state index in [4.69, 9.17) is 17.4 Å². The highest BCUT2D eigenvalue weighted by molar-refractivity contribution is 9.11. The van der Waals surface area contributed by atoms with Gasteiger partial charge in [0.2, 0.25) is 0 Å². The maximum Gasteiger partial charge on any atom is 0.142 e. The van der Waals surface area contributed by atoms with Gasteiger partial charge in [-0.05, 0) is 35.7 Å². The summed E-state index contributed by atoms with van der Waals surface area (Å²) in [6, 6.07) is 10.4. The molecular weight excluding hydrogens is 410 g/mol. The fourth-order valence-corrected chi connectivity index (χ4v) is 3.50. The largest absolute Gasteiger partial charge is 0.271 e. The van der Waals surface area contributed by atoms with Crippen LogP contribution in [0.15, 0.2) is 45.3 Å². The van der Waals surface area contributed by atoms with Crippen LogP contribution in [-0.4, -0.2) is 0 Å². The molecular formula is C14H12Br2ClFN2. The van der Waals surface area contributed by atoms with Gasteiger partial charge < -0.3 is 0 Å². The number of nitrogens with one attached hydrogen (secondary N) is 1. The van der Waals surface area contributed by atoms with Crippen molar-refractivity contribution in [3.8, 4) is 0 Å². The summed E-state index contributed by atoms with van der Waals surface area (Å²) in [7, 11) is 0. The van der Waals surface area contributed by atoms with E-state index in [0.717, 1.165) is 14.5 Å². The third kappa shape index (κ3) is 3.59. The maximum absolute atomic E-state index is 13.5. The van der Waals surface area contributed by atoms with Crippen LogP contribution in [0.2, 0.25) is 5.02 Å². The molecule has 2 rings (SSSR count). The third-order valence-electron chi connectivity index (χ3n) is 2.99. The van der Waals surface area contributed by atoms with E-state index in [1.165, 1.54) is 6.07 Å². The first kappa shape index (κ1) is 15.9. The Labute approximate surface area is 138 Å². The van der Waals surface area contributed by atoms with Crippen molar-refractivity contribution in [3.63, 3.8) is 0 Å². The second kappa shape index (κ2) is 7.00. The van der Waals surface area contributed by atoms with E-state index in [9.17, 15) is 4.39 Å². The van der Waals surface area contributed by atoms with Crippen molar-refractivity contribution in [3.05, 3.63) is 67.3 Å². The molecule has 0 aliphatic rings. The predicted molar refractivity (Wildman–Crippen MR) is 87.0 cm³/mol. The predicted octanol–water partition coefficient (Wildman–Crippen LogP) is 4.75. The minimum Gasteiger partial charge on any atom is -0.271 e. The van der Waals surface area contributed by atoms with E-state index < -0.39 is 5.82 Å². The summed E-state index contributed by atoms with van der Waals surface area (Å²) in [5.74, 6) is 5.21. The molecule has 0 spiro atoms. The molecule has 0 amide bonds. The number of benzene rings is 2. The Morgan fingerprint density at radius 3 is 2.65 bits per heavy atom. The van der Waals surface area contributed by atoms with Gasteiger partial charge in [-0.15, -0.1) is 0 Å². The molecule has 0 aliphatic carbocycles. The Morgan fingerprint density at radius 2 is 2.00 bits per heavy atom. The average molecular weight is 423 g/mol. The van der Waals surface area contributed by atoms with Crippen LogP contribution in [0.1, 0.15) is 17.2 Å². The molecule has 1 unspecified atom stereocenters. The zero-order chi connectivity index (χ0) is 14.7. The Kier molecular flexibility index (Phi) is 5.57. The van der Waals surface area contributed by atoms with Gasteiger partial charge in [-0.1, -0.05) is 61.7 Å². The van der Waals surface area contributed by atoms with Crippen molar-refractivity contribution in [2.75, 3.05) is 0 Å². The Balaban J connectivity index is 2.31. The summed E-state index contributed by atoms with van der Waals surface area (Å²) in [5.41, 5.74) is 4.44. The highest BCUT2D eigenvalue weighted by Gasteiger charge is 2.16. The van der Waals surface area contributed by atoms with Crippen molar-refractivity contribution >= 4 is 43.5 Å². The quantitative estimate of drug-likeness (QED) is 0.551. The SMILES string of the molecule is NNC(Cc1cccc(F)c1Cl)c1ccc(Br)cc1Br. The second-order valence-corrected chi connectivity index (χ2v) is 6.45. The van der Waals surface area contributed by atoms with Gasteiger partial charge in [0, 0.05) is 8.95 Å². The Hall–Kier alpha value is -0.460. The Bertz CT molecular complexity index is 622. The Morgan fingerprint density at radius 1 is 1.25 bits per heavy atom. The van der Waals surface area contributed by atoms with E-state index in [1.54, 1.807) is 12.1 Å². The van der Waals surface area contributed by atoms with E-state index >= 15 is 0 Å². The van der Waals surface area contributed by atoms with Gasteiger partial charge in [0.15, 0.2) is 0 Å². The van der Waals surface area contributed by atoms with E-state index in [0.29, 0.717) is 12.0 Å². The summed E-state index contributed by atoms with van der Waals surface area (Å²) in [5, 5.41) is 0.140. The zero-order valence-electron chi connectivity index (χ0n) is 10.3. The lowest BCUT2D eigenvalue weighted by atomic mass is 9.99. The fourth-order valence-electron chi connectivity index (χ4n) is 1.97. The van der Waals surface area contributed by atoms with Crippen molar-refractivity contribution in [1.82, 2.24) is 5.43 Å². The molecule has 2 aromatic carbocycles. The van der Waals surface area contributed by atoms with Gasteiger partial charge in [-0.3, -0.25) is 11.3 Å². The molecule has 0 aromatic heterocycles. The van der Waals surface area contributed by atoms with Crippen LogP contribution in [0.4, 0.5) is 4.39 Å². The van der Waals surface area contributed by atoms with Gasteiger partial charge in [-0.2, -0.15) is 0 Å². The van der Waals surface area contributed by atoms with E-state index in [-0.39, 0.29) is 11.1 Å². The fraction of sp³-hybridized carbons (Fsp3) is 0.143. The van der Waals surface area contributed by atoms with Crippen LogP contribution >= 0.6 is 43.5 Å². The molecule has 1 atom stereocenters. The zero-order valence-corrected chi connectivity index (χ0v) is 14.3. The van der Waals surface area contributed by atoms with Crippen molar-refractivity contribution < 1.29 is 4.39 Å². The molecule has 0 saturated carbocycles. The van der Waals surface area contributed by atoms with Gasteiger partial charge in [0.1, 0.15) is 5.82 Å². The molecule has 0 fully saturated rings. The lowest BCUT2D eigenvalue weighted by molar-refractivity contribution is 0.547. The maximum atomic E-state index is 13.5. The topological polar surface area (TPSA) is 38.0 Å². The van der Waals surface area contributed by atoms with Crippen LogP contribution in [0.3, 0.4) is 0 Å². The summed E-state index contributed by atoms with van der Waals surface area (Å²) < 4.78 is 15.4. The monoisotopic (exact) mass is 420 g/mol. The van der Waals surface area contributed by atoms with Crippen LogP contribution in [0.25, 0.3) is 0 Å². The summed E-state index contributed by atoms with van der Waals surface area (Å²) in [6.07, 6.45) is 0.493. The summed E-state index contributed by atoms with van der Waals surface area (Å²) in [6.45, 7) is 0. The first-order valence-corrected chi connectivity index (χ1v) is 7.83. The summed E-state index contributed by atoms with van der Waals surface area (Å²) >= 11 is 12.9. The van der Waals surface area contributed by atoms with Crippen LogP contribution in [-0.2, 0) is 6.42 Å². The standard InChI is InChI=1S/C14H12Br2ClFN2/c15-9-4-5-10(11(16)7-9)13(20-19)6-8-2-1-3-12(18)14(8)17/h1-5,7,13,20H,6,19H2. The number of hydrogen-bond donors (Lipinski definition) is 2. The minimum atomic E-state index is -0.421. The molecule has 2 nitrogen and oxygen atoms in total. The molecule has 2 aromatic rings. The smallest absolute Gasteiger partial charge is 0.142 e. The lowest BCUT2D eigenvalue weighted by Crippen LogP contribution is -2.30. The number of halogens is 4. The molecule has 0 saturated heterocycles. The van der Waals surface area contributed by atoms with Gasteiger partial charge >= 0.3 is 0 Å². The molecule has 0 bridgehead atoms. The number of hydrazine groups is 1. The van der Waals surface area contributed by atoms with Gasteiger partial charge in [-0.25, -0.2) is 4.39 Å². The number of rotatable bonds is 4. The van der Waals surface area contributed by atoms with Crippen LogP contribution in [0, 0.1) is 5.82 Å². The van der Waals surface area contributed by atoms with E-state index in [1.807, 2.05) is 18.2 Å². The highest BCUT2D eigenvalue weighted by Crippen LogP contribution is 2.30. The summed E-state index contributed by atoms with van der Waals surface area (Å²) in [4.78, 5) is 0. The number of hydrogen-bond acceptors (Lipinski definition) is 2. The highest BCUT2D eigenvalue weighted by atomic mass is 79.9. The molecule has 106 valence electrons. The average Bonchev–Trinajstić information content (AvgIpc) is 2.41. The molecule has 0 radical (unpaired) electrons. The van der Waals surface area contributed by atoms with Gasteiger partial charge in [0.05, 0.1) is 11.1 Å². The second-order valence-electron chi connectivity index (χ2n) is 4.30. The van der Waals surface area contributed by atoms with Crippen LogP contribution in [0.5, 0.6) is 0 Å². The molecule has 20 heavy (non-hydrogen) atoms. The first-order chi connectivity index (χ1) is 9.52. The molecule has 0 aliphatic heterocycles. The van der Waals surface area contributed by atoms with Crippen molar-refractivity contribution in [1.29, 1.82) is 0 Å².